The largest absolute Gasteiger partial charge is 0.493 e. The number of methoxy groups -OCH3 is 1. The van der Waals surface area contributed by atoms with Crippen molar-refractivity contribution < 1.29 is 14.3 Å². The van der Waals surface area contributed by atoms with Gasteiger partial charge in [-0.3, -0.25) is 4.79 Å². The van der Waals surface area contributed by atoms with Gasteiger partial charge in [0.05, 0.1) is 13.7 Å². The Hall–Kier alpha value is -1.75. The molecule has 21 heavy (non-hydrogen) atoms. The number of amides is 1. The van der Waals surface area contributed by atoms with Crippen LogP contribution in [0.2, 0.25) is 0 Å². The number of benzene rings is 1. The van der Waals surface area contributed by atoms with E-state index in [4.69, 9.17) is 9.47 Å². The van der Waals surface area contributed by atoms with Gasteiger partial charge in [-0.05, 0) is 31.7 Å². The number of carbonyl (C=O) groups is 1. The zero-order valence-electron chi connectivity index (χ0n) is 13.1. The number of hydrogen-bond donors (Lipinski definition) is 0. The lowest BCUT2D eigenvalue weighted by Crippen LogP contribution is -2.48. The second-order valence-electron chi connectivity index (χ2n) is 5.03. The van der Waals surface area contributed by atoms with Crippen molar-refractivity contribution in [3.63, 3.8) is 0 Å². The van der Waals surface area contributed by atoms with E-state index in [9.17, 15) is 4.79 Å². The summed E-state index contributed by atoms with van der Waals surface area (Å²) < 4.78 is 10.8. The molecule has 0 bridgehead atoms. The van der Waals surface area contributed by atoms with Crippen molar-refractivity contribution >= 4 is 5.91 Å². The highest BCUT2D eigenvalue weighted by Crippen LogP contribution is 2.28. The molecular weight excluding hydrogens is 268 g/mol. The van der Waals surface area contributed by atoms with Crippen molar-refractivity contribution in [3.8, 4) is 11.5 Å². The highest BCUT2D eigenvalue weighted by Gasteiger charge is 2.22. The Morgan fingerprint density at radius 3 is 2.43 bits per heavy atom. The van der Waals surface area contributed by atoms with Gasteiger partial charge in [-0.25, -0.2) is 0 Å². The Morgan fingerprint density at radius 2 is 1.86 bits per heavy atom. The number of piperazine rings is 1. The van der Waals surface area contributed by atoms with Crippen molar-refractivity contribution in [1.29, 1.82) is 0 Å². The van der Waals surface area contributed by atoms with Crippen LogP contribution in [-0.2, 0) is 0 Å². The van der Waals surface area contributed by atoms with Crippen molar-refractivity contribution in [2.75, 3.05) is 46.4 Å². The first-order chi connectivity index (χ1) is 10.2. The van der Waals surface area contributed by atoms with Crippen LogP contribution in [0.15, 0.2) is 18.2 Å². The topological polar surface area (TPSA) is 42.0 Å². The highest BCUT2D eigenvalue weighted by molar-refractivity contribution is 5.95. The maximum absolute atomic E-state index is 12.6. The summed E-state index contributed by atoms with van der Waals surface area (Å²) in [5.41, 5.74) is 0.657. The molecule has 0 aliphatic carbocycles. The summed E-state index contributed by atoms with van der Waals surface area (Å²) in [5.74, 6) is 1.34. The van der Waals surface area contributed by atoms with E-state index in [0.29, 0.717) is 23.7 Å². The highest BCUT2D eigenvalue weighted by atomic mass is 16.5. The summed E-state index contributed by atoms with van der Waals surface area (Å²) in [4.78, 5) is 16.8. The average molecular weight is 292 g/mol. The van der Waals surface area contributed by atoms with Crippen molar-refractivity contribution in [2.24, 2.45) is 0 Å². The molecule has 1 aliphatic rings. The van der Waals surface area contributed by atoms with Crippen LogP contribution in [0, 0.1) is 0 Å². The molecule has 0 spiro atoms. The average Bonchev–Trinajstić information content (AvgIpc) is 2.54. The summed E-state index contributed by atoms with van der Waals surface area (Å²) in [6, 6.07) is 5.37. The molecule has 0 saturated carbocycles. The SMILES string of the molecule is CCOc1cc(C(=O)N2CCN(CC)CC2)ccc1OC. The van der Waals surface area contributed by atoms with Gasteiger partial charge in [0.2, 0.25) is 0 Å². The fraction of sp³-hybridized carbons (Fsp3) is 0.562. The molecule has 0 unspecified atom stereocenters. The van der Waals surface area contributed by atoms with E-state index >= 15 is 0 Å². The number of rotatable bonds is 5. The zero-order chi connectivity index (χ0) is 15.2. The maximum atomic E-state index is 12.6. The van der Waals surface area contributed by atoms with Gasteiger partial charge in [-0.2, -0.15) is 0 Å². The second-order valence-corrected chi connectivity index (χ2v) is 5.03. The van der Waals surface area contributed by atoms with E-state index < -0.39 is 0 Å². The lowest BCUT2D eigenvalue weighted by atomic mass is 10.1. The van der Waals surface area contributed by atoms with Crippen LogP contribution in [0.5, 0.6) is 11.5 Å². The Labute approximate surface area is 126 Å². The van der Waals surface area contributed by atoms with E-state index in [2.05, 4.69) is 11.8 Å². The van der Waals surface area contributed by atoms with E-state index in [0.717, 1.165) is 32.7 Å². The third-order valence-electron chi connectivity index (χ3n) is 3.82. The zero-order valence-corrected chi connectivity index (χ0v) is 13.1. The molecule has 116 valence electrons. The first kappa shape index (κ1) is 15.6. The van der Waals surface area contributed by atoms with Gasteiger partial charge in [0.15, 0.2) is 11.5 Å². The summed E-state index contributed by atoms with van der Waals surface area (Å²) >= 11 is 0. The molecule has 0 atom stereocenters. The Balaban J connectivity index is 2.10. The van der Waals surface area contributed by atoms with Gasteiger partial charge >= 0.3 is 0 Å². The normalized spacial score (nSPS) is 15.9. The monoisotopic (exact) mass is 292 g/mol. The molecule has 5 nitrogen and oxygen atoms in total. The quantitative estimate of drug-likeness (QED) is 0.831. The summed E-state index contributed by atoms with van der Waals surface area (Å²) in [6.07, 6.45) is 0. The molecule has 1 aliphatic heterocycles. The fourth-order valence-electron chi connectivity index (χ4n) is 2.53. The van der Waals surface area contributed by atoms with Crippen LogP contribution >= 0.6 is 0 Å². The molecule has 2 rings (SSSR count). The Kier molecular flexibility index (Phi) is 5.44. The van der Waals surface area contributed by atoms with Crippen molar-refractivity contribution in [2.45, 2.75) is 13.8 Å². The van der Waals surface area contributed by atoms with Gasteiger partial charge in [0.25, 0.3) is 5.91 Å². The number of nitrogens with zero attached hydrogens (tertiary/aromatic N) is 2. The standard InChI is InChI=1S/C16H24N2O3/c1-4-17-8-10-18(11-9-17)16(19)13-6-7-14(20-3)15(12-13)21-5-2/h6-7,12H,4-5,8-11H2,1-3H3. The van der Waals surface area contributed by atoms with E-state index in [1.807, 2.05) is 11.8 Å². The summed E-state index contributed by atoms with van der Waals surface area (Å²) in [7, 11) is 1.60. The predicted octanol–water partition coefficient (Wildman–Crippen LogP) is 1.87. The minimum absolute atomic E-state index is 0.0642. The van der Waals surface area contributed by atoms with Crippen LogP contribution in [0.3, 0.4) is 0 Å². The van der Waals surface area contributed by atoms with Gasteiger partial charge in [0.1, 0.15) is 0 Å². The van der Waals surface area contributed by atoms with E-state index in [1.54, 1.807) is 25.3 Å². The smallest absolute Gasteiger partial charge is 0.254 e. The lowest BCUT2D eigenvalue weighted by molar-refractivity contribution is 0.0643. The predicted molar refractivity (Wildman–Crippen MR) is 82.2 cm³/mol. The third kappa shape index (κ3) is 3.67. The first-order valence-electron chi connectivity index (χ1n) is 7.52. The first-order valence-corrected chi connectivity index (χ1v) is 7.52. The van der Waals surface area contributed by atoms with Crippen LogP contribution in [0.4, 0.5) is 0 Å². The molecule has 1 amide bonds. The van der Waals surface area contributed by atoms with Gasteiger partial charge < -0.3 is 19.3 Å². The van der Waals surface area contributed by atoms with Gasteiger partial charge in [-0.1, -0.05) is 6.92 Å². The number of hydrogen-bond acceptors (Lipinski definition) is 4. The van der Waals surface area contributed by atoms with E-state index in [1.165, 1.54) is 0 Å². The molecule has 1 saturated heterocycles. The molecule has 0 radical (unpaired) electrons. The Bertz CT molecular complexity index is 482. The molecule has 1 fully saturated rings. The van der Waals surface area contributed by atoms with E-state index in [-0.39, 0.29) is 5.91 Å². The number of carbonyl (C=O) groups excluding carboxylic acids is 1. The maximum Gasteiger partial charge on any atom is 0.254 e. The fourth-order valence-corrected chi connectivity index (χ4v) is 2.53. The number of ether oxygens (including phenoxy) is 2. The van der Waals surface area contributed by atoms with Crippen LogP contribution in [0.25, 0.3) is 0 Å². The number of likely N-dealkylation sites (N-methyl/N-ethyl adjacent to an activating group) is 1. The van der Waals surface area contributed by atoms with Crippen LogP contribution in [0.1, 0.15) is 24.2 Å². The van der Waals surface area contributed by atoms with Crippen LogP contribution < -0.4 is 9.47 Å². The van der Waals surface area contributed by atoms with Gasteiger partial charge in [-0.15, -0.1) is 0 Å². The molecule has 1 aromatic rings. The summed E-state index contributed by atoms with van der Waals surface area (Å²) in [6.45, 7) is 9.09. The summed E-state index contributed by atoms with van der Waals surface area (Å²) in [5, 5.41) is 0. The third-order valence-corrected chi connectivity index (χ3v) is 3.82. The molecule has 0 aromatic heterocycles. The van der Waals surface area contributed by atoms with Gasteiger partial charge in [0, 0.05) is 31.7 Å². The molecular formula is C16H24N2O3. The van der Waals surface area contributed by atoms with Crippen molar-refractivity contribution in [1.82, 2.24) is 9.80 Å². The molecule has 5 heteroatoms. The second kappa shape index (κ2) is 7.31. The minimum atomic E-state index is 0.0642. The Morgan fingerprint density at radius 1 is 1.14 bits per heavy atom. The molecule has 1 aromatic carbocycles. The molecule has 0 N–H and O–H groups in total. The molecule has 1 heterocycles. The minimum Gasteiger partial charge on any atom is -0.493 e. The lowest BCUT2D eigenvalue weighted by Gasteiger charge is -2.34. The van der Waals surface area contributed by atoms with Crippen LogP contribution in [-0.4, -0.2) is 62.1 Å². The van der Waals surface area contributed by atoms with Crippen molar-refractivity contribution in [3.05, 3.63) is 23.8 Å².